The number of aromatic nitrogens is 6. The van der Waals surface area contributed by atoms with Crippen LogP contribution in [0.1, 0.15) is 6.42 Å². The van der Waals surface area contributed by atoms with E-state index in [0.29, 0.717) is 0 Å². The first-order chi connectivity index (χ1) is 12.8. The molecule has 4 heterocycles. The number of hydrogen-bond donors (Lipinski definition) is 1. The lowest BCUT2D eigenvalue weighted by atomic mass is 10.3. The van der Waals surface area contributed by atoms with Crippen LogP contribution in [0.25, 0.3) is 11.0 Å². The highest BCUT2D eigenvalue weighted by Gasteiger charge is 2.18. The van der Waals surface area contributed by atoms with Gasteiger partial charge in [0.1, 0.15) is 12.1 Å². The number of nitrogens with zero attached hydrogens (tertiary/aromatic N) is 8. The van der Waals surface area contributed by atoms with Crippen LogP contribution in [0.5, 0.6) is 0 Å². The first-order valence-electron chi connectivity index (χ1n) is 8.92. The molecule has 0 aromatic carbocycles. The van der Waals surface area contributed by atoms with Crippen molar-refractivity contribution in [1.29, 1.82) is 0 Å². The van der Waals surface area contributed by atoms with Gasteiger partial charge in [-0.2, -0.15) is 5.10 Å². The van der Waals surface area contributed by atoms with Crippen molar-refractivity contribution in [3.8, 4) is 0 Å². The van der Waals surface area contributed by atoms with Gasteiger partial charge in [0.05, 0.1) is 11.6 Å². The van der Waals surface area contributed by atoms with E-state index in [1.165, 1.54) is 0 Å². The van der Waals surface area contributed by atoms with Crippen molar-refractivity contribution in [2.45, 2.75) is 6.42 Å². The molecule has 9 nitrogen and oxygen atoms in total. The predicted molar refractivity (Wildman–Crippen MR) is 100 cm³/mol. The lowest BCUT2D eigenvalue weighted by Crippen LogP contribution is -2.47. The fourth-order valence-corrected chi connectivity index (χ4v) is 3.24. The van der Waals surface area contributed by atoms with Crippen molar-refractivity contribution in [2.75, 3.05) is 49.5 Å². The Hall–Kier alpha value is -2.81. The zero-order valence-electron chi connectivity index (χ0n) is 14.9. The molecule has 0 radical (unpaired) electrons. The predicted octanol–water partition coefficient (Wildman–Crippen LogP) is 0.777. The molecule has 136 valence electrons. The summed E-state index contributed by atoms with van der Waals surface area (Å²) in [6, 6.07) is 1.85. The first-order valence-corrected chi connectivity index (χ1v) is 8.92. The zero-order valence-corrected chi connectivity index (χ0v) is 14.9. The molecule has 26 heavy (non-hydrogen) atoms. The molecular weight excluding hydrogens is 330 g/mol. The number of hydrogen-bond acceptors (Lipinski definition) is 8. The number of piperazine rings is 1. The molecule has 0 spiro atoms. The molecule has 0 unspecified atom stereocenters. The minimum Gasteiger partial charge on any atom is -0.369 e. The molecule has 0 amide bonds. The Labute approximate surface area is 152 Å². The van der Waals surface area contributed by atoms with Crippen molar-refractivity contribution < 1.29 is 0 Å². The summed E-state index contributed by atoms with van der Waals surface area (Å²) in [6.07, 6.45) is 8.05. The molecule has 1 aliphatic heterocycles. The molecule has 1 saturated heterocycles. The minimum atomic E-state index is 0.832. The van der Waals surface area contributed by atoms with E-state index < -0.39 is 0 Å². The topological polar surface area (TPSA) is 87.9 Å². The third-order valence-electron chi connectivity index (χ3n) is 4.68. The van der Waals surface area contributed by atoms with Crippen LogP contribution < -0.4 is 10.2 Å². The average Bonchev–Trinajstić information content (AvgIpc) is 3.08. The Morgan fingerprint density at radius 2 is 1.85 bits per heavy atom. The third-order valence-corrected chi connectivity index (χ3v) is 4.68. The second-order valence-corrected chi connectivity index (χ2v) is 6.39. The van der Waals surface area contributed by atoms with Gasteiger partial charge in [-0.1, -0.05) is 0 Å². The smallest absolute Gasteiger partial charge is 0.225 e. The molecule has 9 heteroatoms. The minimum absolute atomic E-state index is 0.832. The standard InChI is InChI=1S/C17H23N9/c1-24-16-14(12-23-24)15(21-13-22-16)18-6-3-7-25-8-10-26(11-9-25)17-19-4-2-5-20-17/h2,4-5,12-13H,3,6-11H2,1H3,(H,18,21,22). The summed E-state index contributed by atoms with van der Waals surface area (Å²) in [7, 11) is 1.89. The molecule has 0 atom stereocenters. The SMILES string of the molecule is Cn1ncc2c(NCCCN3CCN(c4ncccn4)CC3)ncnc21. The number of nitrogens with one attached hydrogen (secondary N) is 1. The van der Waals surface area contributed by atoms with Crippen molar-refractivity contribution in [3.63, 3.8) is 0 Å². The van der Waals surface area contributed by atoms with E-state index in [2.05, 4.69) is 40.2 Å². The van der Waals surface area contributed by atoms with Gasteiger partial charge in [0.25, 0.3) is 0 Å². The number of aryl methyl sites for hydroxylation is 1. The van der Waals surface area contributed by atoms with Crippen LogP contribution >= 0.6 is 0 Å². The van der Waals surface area contributed by atoms with E-state index >= 15 is 0 Å². The molecule has 1 N–H and O–H groups in total. The van der Waals surface area contributed by atoms with Crippen LogP contribution in [0.4, 0.5) is 11.8 Å². The van der Waals surface area contributed by atoms with Crippen LogP contribution in [0.15, 0.2) is 31.0 Å². The van der Waals surface area contributed by atoms with E-state index in [4.69, 9.17) is 0 Å². The zero-order chi connectivity index (χ0) is 17.8. The van der Waals surface area contributed by atoms with Gasteiger partial charge in [0.15, 0.2) is 5.65 Å². The van der Waals surface area contributed by atoms with E-state index in [1.54, 1.807) is 23.4 Å². The van der Waals surface area contributed by atoms with Crippen molar-refractivity contribution in [2.24, 2.45) is 7.05 Å². The van der Waals surface area contributed by atoms with Gasteiger partial charge >= 0.3 is 0 Å². The van der Waals surface area contributed by atoms with E-state index in [1.807, 2.05) is 19.3 Å². The van der Waals surface area contributed by atoms with Crippen molar-refractivity contribution in [1.82, 2.24) is 34.6 Å². The van der Waals surface area contributed by atoms with Gasteiger partial charge in [-0.15, -0.1) is 0 Å². The van der Waals surface area contributed by atoms with Gasteiger partial charge in [0.2, 0.25) is 5.95 Å². The van der Waals surface area contributed by atoms with Gasteiger partial charge in [-0.3, -0.25) is 9.58 Å². The number of rotatable bonds is 6. The van der Waals surface area contributed by atoms with Gasteiger partial charge < -0.3 is 10.2 Å². The maximum atomic E-state index is 4.34. The lowest BCUT2D eigenvalue weighted by Gasteiger charge is -2.34. The second-order valence-electron chi connectivity index (χ2n) is 6.39. The van der Waals surface area contributed by atoms with E-state index in [9.17, 15) is 0 Å². The fraction of sp³-hybridized carbons (Fsp3) is 0.471. The van der Waals surface area contributed by atoms with Crippen LogP contribution in [-0.4, -0.2) is 73.9 Å². The maximum Gasteiger partial charge on any atom is 0.225 e. The molecule has 3 aromatic rings. The van der Waals surface area contributed by atoms with Crippen LogP contribution in [0.3, 0.4) is 0 Å². The molecule has 1 fully saturated rings. The Balaban J connectivity index is 1.22. The van der Waals surface area contributed by atoms with Crippen LogP contribution in [0, 0.1) is 0 Å². The number of fused-ring (bicyclic) bond motifs is 1. The lowest BCUT2D eigenvalue weighted by molar-refractivity contribution is 0.256. The van der Waals surface area contributed by atoms with Crippen molar-refractivity contribution in [3.05, 3.63) is 31.0 Å². The Kier molecular flexibility index (Phi) is 4.87. The average molecular weight is 353 g/mol. The third kappa shape index (κ3) is 3.57. The highest BCUT2D eigenvalue weighted by atomic mass is 15.3. The molecular formula is C17H23N9. The monoisotopic (exact) mass is 353 g/mol. The highest BCUT2D eigenvalue weighted by molar-refractivity contribution is 5.85. The summed E-state index contributed by atoms with van der Waals surface area (Å²) in [5, 5.41) is 8.62. The Morgan fingerprint density at radius 3 is 2.65 bits per heavy atom. The summed E-state index contributed by atoms with van der Waals surface area (Å²) < 4.78 is 1.76. The summed E-state index contributed by atoms with van der Waals surface area (Å²) in [5.41, 5.74) is 0.849. The first kappa shape index (κ1) is 16.6. The van der Waals surface area contributed by atoms with Gasteiger partial charge in [-0.25, -0.2) is 19.9 Å². The van der Waals surface area contributed by atoms with Crippen LogP contribution in [-0.2, 0) is 7.05 Å². The highest BCUT2D eigenvalue weighted by Crippen LogP contribution is 2.17. The molecule has 4 rings (SSSR count). The molecule has 1 aliphatic rings. The normalized spacial score (nSPS) is 15.5. The summed E-state index contributed by atoms with van der Waals surface area (Å²) in [4.78, 5) is 22.0. The van der Waals surface area contributed by atoms with Crippen LogP contribution in [0.2, 0.25) is 0 Å². The van der Waals surface area contributed by atoms with Crippen molar-refractivity contribution >= 4 is 22.8 Å². The fourth-order valence-electron chi connectivity index (χ4n) is 3.24. The molecule has 0 saturated carbocycles. The molecule has 0 aliphatic carbocycles. The Morgan fingerprint density at radius 1 is 1.04 bits per heavy atom. The van der Waals surface area contributed by atoms with E-state index in [0.717, 1.165) is 68.5 Å². The molecule has 3 aromatic heterocycles. The quantitative estimate of drug-likeness (QED) is 0.651. The molecule has 0 bridgehead atoms. The van der Waals surface area contributed by atoms with E-state index in [-0.39, 0.29) is 0 Å². The number of anilines is 2. The maximum absolute atomic E-state index is 4.34. The summed E-state index contributed by atoms with van der Waals surface area (Å²) in [6.45, 7) is 5.97. The second kappa shape index (κ2) is 7.61. The Bertz CT molecular complexity index is 840. The summed E-state index contributed by atoms with van der Waals surface area (Å²) >= 11 is 0. The summed E-state index contributed by atoms with van der Waals surface area (Å²) in [5.74, 6) is 1.69. The van der Waals surface area contributed by atoms with Gasteiger partial charge in [0, 0.05) is 52.2 Å². The van der Waals surface area contributed by atoms with Gasteiger partial charge in [-0.05, 0) is 19.0 Å². The largest absolute Gasteiger partial charge is 0.369 e.